The van der Waals surface area contributed by atoms with Crippen molar-refractivity contribution in [3.8, 4) is 0 Å². The number of aliphatic hydroxyl groups excluding tert-OH is 2. The quantitative estimate of drug-likeness (QED) is 0.415. The van der Waals surface area contributed by atoms with Crippen molar-refractivity contribution >= 4 is 5.78 Å². The van der Waals surface area contributed by atoms with E-state index in [2.05, 4.69) is 41.9 Å². The minimum atomic E-state index is -0.765. The van der Waals surface area contributed by atoms with Gasteiger partial charge in [0, 0.05) is 67.0 Å². The molecule has 1 heterocycles. The van der Waals surface area contributed by atoms with Gasteiger partial charge in [0.25, 0.3) is 0 Å². The van der Waals surface area contributed by atoms with Gasteiger partial charge in [-0.3, -0.25) is 14.6 Å². The molecule has 8 aliphatic rings. The van der Waals surface area contributed by atoms with Gasteiger partial charge in [-0.15, -0.1) is 0 Å². The van der Waals surface area contributed by atoms with Crippen molar-refractivity contribution in [1.29, 1.82) is 0 Å². The van der Waals surface area contributed by atoms with E-state index in [1.165, 1.54) is 6.42 Å². The molecule has 4 saturated carbocycles. The largest absolute Gasteiger partial charge is 0.395 e. The van der Waals surface area contributed by atoms with Crippen molar-refractivity contribution in [2.75, 3.05) is 45.9 Å². The van der Waals surface area contributed by atoms with Crippen LogP contribution in [0.25, 0.3) is 0 Å². The molecule has 1 saturated heterocycles. The molecule has 2 spiro atoms. The van der Waals surface area contributed by atoms with Crippen LogP contribution in [-0.2, 0) is 4.79 Å². The Morgan fingerprint density at radius 3 is 2.27 bits per heavy atom. The highest BCUT2D eigenvalue weighted by Gasteiger charge is 2.74. The van der Waals surface area contributed by atoms with Gasteiger partial charge in [0.15, 0.2) is 5.78 Å². The van der Waals surface area contributed by atoms with Gasteiger partial charge in [-0.1, -0.05) is 51.3 Å². The topological polar surface area (TPSA) is 84.2 Å². The first kappa shape index (κ1) is 28.7. The molecule has 0 aromatic carbocycles. The number of Topliss-reactive ketones (excluding diaryl/α,β-unsaturated/α-hetero) is 1. The SMILES string of the molecule is C[C@]12CC[C@H]3[C@]4(C=C[C@@]5(C=C4C(=O)C4CCCCC4)CC(O)CC[C@]35C)[C@@H]1CC[C@@]2(O)CN1CCN(CCO)CC1. The van der Waals surface area contributed by atoms with E-state index < -0.39 is 5.60 Å². The lowest BCUT2D eigenvalue weighted by Gasteiger charge is -2.71. The van der Waals surface area contributed by atoms with Crippen LogP contribution >= 0.6 is 0 Å². The fourth-order valence-corrected chi connectivity index (χ4v) is 11.9. The number of rotatable bonds is 6. The number of β-amino-alcohol motifs (C(OH)–C–C–N with tert-alkyl or cyclic N) is 2. The van der Waals surface area contributed by atoms with Crippen LogP contribution in [-0.4, -0.2) is 88.5 Å². The van der Waals surface area contributed by atoms with E-state index in [4.69, 9.17) is 0 Å². The molecular weight excluding hydrogens is 512 g/mol. The molecule has 6 nitrogen and oxygen atoms in total. The summed E-state index contributed by atoms with van der Waals surface area (Å²) in [6.45, 7) is 10.3. The van der Waals surface area contributed by atoms with Gasteiger partial charge in [0.2, 0.25) is 0 Å². The van der Waals surface area contributed by atoms with Gasteiger partial charge < -0.3 is 15.3 Å². The van der Waals surface area contributed by atoms with Gasteiger partial charge >= 0.3 is 0 Å². The Morgan fingerprint density at radius 1 is 0.878 bits per heavy atom. The molecule has 41 heavy (non-hydrogen) atoms. The Bertz CT molecular complexity index is 1110. The number of ketones is 1. The molecule has 5 fully saturated rings. The highest BCUT2D eigenvalue weighted by Crippen LogP contribution is 2.78. The van der Waals surface area contributed by atoms with Crippen LogP contribution in [0.15, 0.2) is 23.8 Å². The first-order chi connectivity index (χ1) is 19.6. The average Bonchev–Trinajstić information content (AvgIpc) is 3.24. The van der Waals surface area contributed by atoms with Crippen LogP contribution in [0, 0.1) is 39.4 Å². The predicted octanol–water partition coefficient (Wildman–Crippen LogP) is 4.34. The van der Waals surface area contributed by atoms with Crippen LogP contribution in [0.3, 0.4) is 0 Å². The first-order valence-corrected chi connectivity index (χ1v) is 17.0. The Kier molecular flexibility index (Phi) is 6.99. The maximum atomic E-state index is 14.6. The zero-order valence-corrected chi connectivity index (χ0v) is 25.6. The maximum Gasteiger partial charge on any atom is 0.162 e. The molecule has 0 aromatic heterocycles. The fourth-order valence-electron chi connectivity index (χ4n) is 11.9. The lowest BCUT2D eigenvalue weighted by atomic mass is 9.32. The van der Waals surface area contributed by atoms with Gasteiger partial charge in [0.05, 0.1) is 18.3 Å². The third-order valence-corrected chi connectivity index (χ3v) is 14.3. The fraction of sp³-hybridized carbons (Fsp3) is 0.857. The number of aliphatic hydroxyl groups is 3. The molecule has 0 aromatic rings. The molecule has 228 valence electrons. The van der Waals surface area contributed by atoms with E-state index in [-0.39, 0.29) is 46.2 Å². The zero-order valence-electron chi connectivity index (χ0n) is 25.6. The molecule has 1 aliphatic heterocycles. The minimum absolute atomic E-state index is 0.0440. The lowest BCUT2D eigenvalue weighted by Crippen LogP contribution is -2.67. The molecule has 6 heteroatoms. The Hall–Kier alpha value is -1.05. The third-order valence-electron chi connectivity index (χ3n) is 14.3. The number of allylic oxidation sites excluding steroid dienone is 4. The molecule has 3 N–H and O–H groups in total. The highest BCUT2D eigenvalue weighted by molar-refractivity contribution is 6.00. The summed E-state index contributed by atoms with van der Waals surface area (Å²) in [6.07, 6.45) is 19.1. The summed E-state index contributed by atoms with van der Waals surface area (Å²) in [5, 5.41) is 32.9. The summed E-state index contributed by atoms with van der Waals surface area (Å²) < 4.78 is 0. The van der Waals surface area contributed by atoms with E-state index in [1.807, 2.05) is 0 Å². The van der Waals surface area contributed by atoms with Gasteiger partial charge in [-0.25, -0.2) is 0 Å². The molecule has 1 unspecified atom stereocenters. The summed E-state index contributed by atoms with van der Waals surface area (Å²) in [5.41, 5.74) is -0.412. The molecule has 2 bridgehead atoms. The van der Waals surface area contributed by atoms with Crippen molar-refractivity contribution in [3.63, 3.8) is 0 Å². The summed E-state index contributed by atoms with van der Waals surface area (Å²) in [6, 6.07) is 0. The van der Waals surface area contributed by atoms with Crippen molar-refractivity contribution in [2.45, 2.75) is 103 Å². The third kappa shape index (κ3) is 3.96. The van der Waals surface area contributed by atoms with Crippen molar-refractivity contribution in [2.24, 2.45) is 39.4 Å². The molecular formula is C35H54N2O4. The molecule has 8 atom stereocenters. The standard InChI is InChI=1S/C35H54N2O4/c1-31-11-8-26(39)22-33(31)14-15-35(27(23-33)30(40)25-6-4-3-5-7-25)28(31)9-12-32(2)29(35)10-13-34(32,41)24-37-18-16-36(17-19-37)20-21-38/h14-15,23,25-26,28-29,38-39,41H,3-13,16-22,24H2,1-2H3/t26?,28-,29-,31-,32+,33+,34-,35-/m1/s1. The Labute approximate surface area is 247 Å². The van der Waals surface area contributed by atoms with Gasteiger partial charge in [-0.2, -0.15) is 0 Å². The van der Waals surface area contributed by atoms with Crippen LogP contribution in [0.4, 0.5) is 0 Å². The van der Waals surface area contributed by atoms with Crippen molar-refractivity contribution in [1.82, 2.24) is 9.80 Å². The summed E-state index contributed by atoms with van der Waals surface area (Å²) >= 11 is 0. The van der Waals surface area contributed by atoms with Crippen LogP contribution in [0.5, 0.6) is 0 Å². The summed E-state index contributed by atoms with van der Waals surface area (Å²) in [4.78, 5) is 19.4. The number of carbonyl (C=O) groups excluding carboxylic acids is 1. The molecule has 0 amide bonds. The van der Waals surface area contributed by atoms with E-state index in [1.54, 1.807) is 0 Å². The number of hydrogen-bond donors (Lipinski definition) is 3. The number of carbonyl (C=O) groups is 1. The average molecular weight is 567 g/mol. The monoisotopic (exact) mass is 566 g/mol. The Morgan fingerprint density at radius 2 is 1.54 bits per heavy atom. The molecule has 0 radical (unpaired) electrons. The molecule has 8 rings (SSSR count). The van der Waals surface area contributed by atoms with E-state index in [9.17, 15) is 20.1 Å². The first-order valence-electron chi connectivity index (χ1n) is 17.0. The smallest absolute Gasteiger partial charge is 0.162 e. The van der Waals surface area contributed by atoms with Crippen LogP contribution < -0.4 is 0 Å². The highest BCUT2D eigenvalue weighted by atomic mass is 16.3. The van der Waals surface area contributed by atoms with Gasteiger partial charge in [0.1, 0.15) is 0 Å². The number of fused-ring (bicyclic) bond motifs is 1. The normalized spacial score (nSPS) is 48.4. The number of nitrogens with zero attached hydrogens (tertiary/aromatic N) is 2. The summed E-state index contributed by atoms with van der Waals surface area (Å²) in [7, 11) is 0. The minimum Gasteiger partial charge on any atom is -0.395 e. The van der Waals surface area contributed by atoms with E-state index in [0.29, 0.717) is 18.2 Å². The van der Waals surface area contributed by atoms with Crippen molar-refractivity contribution < 1.29 is 20.1 Å². The van der Waals surface area contributed by atoms with Crippen LogP contribution in [0.1, 0.15) is 90.9 Å². The second-order valence-electron chi connectivity index (χ2n) is 15.9. The zero-order chi connectivity index (χ0) is 28.7. The van der Waals surface area contributed by atoms with Crippen LogP contribution in [0.2, 0.25) is 0 Å². The maximum absolute atomic E-state index is 14.6. The predicted molar refractivity (Wildman–Crippen MR) is 160 cm³/mol. The van der Waals surface area contributed by atoms with Crippen molar-refractivity contribution in [3.05, 3.63) is 23.8 Å². The van der Waals surface area contributed by atoms with E-state index in [0.717, 1.165) is 109 Å². The second kappa shape index (κ2) is 9.99. The lowest BCUT2D eigenvalue weighted by molar-refractivity contribution is -0.180. The van der Waals surface area contributed by atoms with E-state index >= 15 is 0 Å². The summed E-state index contributed by atoms with van der Waals surface area (Å²) in [5.74, 6) is 1.19. The van der Waals surface area contributed by atoms with Gasteiger partial charge in [-0.05, 0) is 75.0 Å². The number of hydrogen-bond acceptors (Lipinski definition) is 6. The molecule has 7 aliphatic carbocycles. The second-order valence-corrected chi connectivity index (χ2v) is 15.9. The Balaban J connectivity index is 1.26. The number of piperazine rings is 1.